The highest BCUT2D eigenvalue weighted by molar-refractivity contribution is 7.89. The Hall–Kier alpha value is -2.49. The van der Waals surface area contributed by atoms with Gasteiger partial charge in [0.25, 0.3) is 0 Å². The molecule has 2 amide bonds. The predicted octanol–water partition coefficient (Wildman–Crippen LogP) is 3.56. The Bertz CT molecular complexity index is 1180. The molecule has 0 aliphatic carbocycles. The van der Waals surface area contributed by atoms with Gasteiger partial charge in [0.1, 0.15) is 10.7 Å². The van der Waals surface area contributed by atoms with Crippen LogP contribution in [-0.4, -0.2) is 44.2 Å². The lowest BCUT2D eigenvalue weighted by atomic mass is 10.1. The van der Waals surface area contributed by atoms with Gasteiger partial charge in [0.15, 0.2) is 0 Å². The average Bonchev–Trinajstić information content (AvgIpc) is 3.42. The lowest BCUT2D eigenvalue weighted by Crippen LogP contribution is -2.29. The molecule has 2 saturated heterocycles. The molecule has 1 N–H and O–H groups in total. The smallest absolute Gasteiger partial charge is 0.244 e. The van der Waals surface area contributed by atoms with Gasteiger partial charge in [-0.3, -0.25) is 9.59 Å². The number of sulfonamides is 1. The van der Waals surface area contributed by atoms with Crippen molar-refractivity contribution in [2.75, 3.05) is 29.9 Å². The molecule has 2 aliphatic rings. The Labute approximate surface area is 191 Å². The van der Waals surface area contributed by atoms with E-state index in [1.807, 2.05) is 0 Å². The van der Waals surface area contributed by atoms with Crippen LogP contribution in [0.2, 0.25) is 5.02 Å². The van der Waals surface area contributed by atoms with Crippen LogP contribution in [0, 0.1) is 18.7 Å². The molecule has 0 radical (unpaired) electrons. The fourth-order valence-corrected chi connectivity index (χ4v) is 5.99. The first-order valence-electron chi connectivity index (χ1n) is 10.3. The number of hydrogen-bond donors (Lipinski definition) is 1. The third-order valence-corrected chi connectivity index (χ3v) is 8.22. The number of hydrogen-bond acceptors (Lipinski definition) is 4. The van der Waals surface area contributed by atoms with Gasteiger partial charge >= 0.3 is 0 Å². The maximum atomic E-state index is 13.9. The van der Waals surface area contributed by atoms with E-state index in [0.29, 0.717) is 24.3 Å². The molecule has 2 aromatic carbocycles. The predicted molar refractivity (Wildman–Crippen MR) is 120 cm³/mol. The molecule has 10 heteroatoms. The third-order valence-electron chi connectivity index (χ3n) is 5.84. The van der Waals surface area contributed by atoms with Gasteiger partial charge in [-0.2, -0.15) is 4.31 Å². The molecule has 0 unspecified atom stereocenters. The Kier molecular flexibility index (Phi) is 6.24. The van der Waals surface area contributed by atoms with Gasteiger partial charge in [-0.25, -0.2) is 12.8 Å². The van der Waals surface area contributed by atoms with Gasteiger partial charge < -0.3 is 10.2 Å². The summed E-state index contributed by atoms with van der Waals surface area (Å²) in [6.45, 7) is 2.62. The van der Waals surface area contributed by atoms with Crippen molar-refractivity contribution in [1.82, 2.24) is 4.31 Å². The van der Waals surface area contributed by atoms with Crippen molar-refractivity contribution in [2.45, 2.75) is 31.1 Å². The number of rotatable bonds is 5. The quantitative estimate of drug-likeness (QED) is 0.710. The lowest BCUT2D eigenvalue weighted by molar-refractivity contribution is -0.122. The molecule has 32 heavy (non-hydrogen) atoms. The Morgan fingerprint density at radius 2 is 1.88 bits per heavy atom. The van der Waals surface area contributed by atoms with E-state index in [0.717, 1.165) is 12.8 Å². The molecule has 2 fully saturated rings. The first-order valence-corrected chi connectivity index (χ1v) is 12.2. The summed E-state index contributed by atoms with van der Waals surface area (Å²) in [7, 11) is -3.76. The minimum Gasteiger partial charge on any atom is -0.326 e. The summed E-state index contributed by atoms with van der Waals surface area (Å²) < 4.78 is 41.1. The minimum absolute atomic E-state index is 0.0200. The van der Waals surface area contributed by atoms with Crippen LogP contribution < -0.4 is 10.2 Å². The van der Waals surface area contributed by atoms with Gasteiger partial charge in [0.05, 0.1) is 10.9 Å². The van der Waals surface area contributed by atoms with Crippen LogP contribution in [0.3, 0.4) is 0 Å². The number of benzene rings is 2. The van der Waals surface area contributed by atoms with Crippen molar-refractivity contribution in [2.24, 2.45) is 5.92 Å². The number of carbonyl (C=O) groups is 2. The molecule has 0 spiro atoms. The van der Waals surface area contributed by atoms with E-state index in [-0.39, 0.29) is 34.5 Å². The van der Waals surface area contributed by atoms with Crippen LogP contribution in [0.4, 0.5) is 15.8 Å². The van der Waals surface area contributed by atoms with Crippen molar-refractivity contribution >= 4 is 44.8 Å². The number of nitrogens with one attached hydrogen (secondary N) is 1. The van der Waals surface area contributed by atoms with E-state index in [2.05, 4.69) is 5.32 Å². The molecule has 1 atom stereocenters. The van der Waals surface area contributed by atoms with E-state index in [1.165, 1.54) is 33.5 Å². The highest BCUT2D eigenvalue weighted by Crippen LogP contribution is 2.31. The highest BCUT2D eigenvalue weighted by atomic mass is 35.5. The zero-order chi connectivity index (χ0) is 23.0. The van der Waals surface area contributed by atoms with Crippen LogP contribution in [0.5, 0.6) is 0 Å². The number of nitrogens with zero attached hydrogens (tertiary/aromatic N) is 2. The van der Waals surface area contributed by atoms with Crippen molar-refractivity contribution in [3.63, 3.8) is 0 Å². The lowest BCUT2D eigenvalue weighted by Gasteiger charge is -2.18. The molecule has 7 nitrogen and oxygen atoms in total. The summed E-state index contributed by atoms with van der Waals surface area (Å²) in [5, 5.41) is 2.78. The normalized spacial score (nSPS) is 19.5. The standard InChI is InChI=1S/C22H23ClFN3O4S/c1-14-4-6-17(12-19(14)24)27-13-15(10-21(27)28)22(29)25-16-5-7-18(23)20(11-16)32(30,31)26-8-2-3-9-26/h4-7,11-12,15H,2-3,8-10,13H2,1H3,(H,25,29)/t15-/m1/s1. The summed E-state index contributed by atoms with van der Waals surface area (Å²) in [6, 6.07) is 8.81. The molecule has 2 heterocycles. The second-order valence-electron chi connectivity index (χ2n) is 8.08. The maximum absolute atomic E-state index is 13.9. The fraction of sp³-hybridized carbons (Fsp3) is 0.364. The molecule has 170 valence electrons. The van der Waals surface area contributed by atoms with Crippen molar-refractivity contribution in [3.05, 3.63) is 52.8 Å². The van der Waals surface area contributed by atoms with Gasteiger partial charge in [0.2, 0.25) is 21.8 Å². The highest BCUT2D eigenvalue weighted by Gasteiger charge is 2.36. The van der Waals surface area contributed by atoms with Gasteiger partial charge in [-0.15, -0.1) is 0 Å². The molecular weight excluding hydrogens is 457 g/mol. The first kappa shape index (κ1) is 22.7. The van der Waals surface area contributed by atoms with Crippen molar-refractivity contribution in [3.8, 4) is 0 Å². The summed E-state index contributed by atoms with van der Waals surface area (Å²) in [6.07, 6.45) is 1.57. The second kappa shape index (κ2) is 8.80. The first-order chi connectivity index (χ1) is 15.2. The number of amides is 2. The molecule has 2 aromatic rings. The summed E-state index contributed by atoms with van der Waals surface area (Å²) >= 11 is 6.15. The molecule has 4 rings (SSSR count). The van der Waals surface area contributed by atoms with E-state index in [1.54, 1.807) is 19.1 Å². The van der Waals surface area contributed by atoms with Crippen molar-refractivity contribution < 1.29 is 22.4 Å². The van der Waals surface area contributed by atoms with Crippen LogP contribution in [0.25, 0.3) is 0 Å². The van der Waals surface area contributed by atoms with Crippen LogP contribution >= 0.6 is 11.6 Å². The molecule has 0 aromatic heterocycles. The number of halogens is 2. The number of carbonyl (C=O) groups excluding carboxylic acids is 2. The van der Waals surface area contributed by atoms with E-state index < -0.39 is 27.7 Å². The average molecular weight is 480 g/mol. The Morgan fingerprint density at radius 1 is 1.16 bits per heavy atom. The number of aryl methyl sites for hydroxylation is 1. The molecule has 2 aliphatic heterocycles. The monoisotopic (exact) mass is 479 g/mol. The largest absolute Gasteiger partial charge is 0.326 e. The van der Waals surface area contributed by atoms with Crippen molar-refractivity contribution in [1.29, 1.82) is 0 Å². The van der Waals surface area contributed by atoms with Gasteiger partial charge in [0, 0.05) is 37.4 Å². The second-order valence-corrected chi connectivity index (χ2v) is 10.4. The van der Waals surface area contributed by atoms with Gasteiger partial charge in [-0.05, 0) is 55.7 Å². The fourth-order valence-electron chi connectivity index (χ4n) is 3.97. The topological polar surface area (TPSA) is 86.8 Å². The maximum Gasteiger partial charge on any atom is 0.244 e. The summed E-state index contributed by atoms with van der Waals surface area (Å²) in [4.78, 5) is 26.6. The van der Waals surface area contributed by atoms with Crippen LogP contribution in [-0.2, 0) is 19.6 Å². The zero-order valence-electron chi connectivity index (χ0n) is 17.5. The molecular formula is C22H23ClFN3O4S. The minimum atomic E-state index is -3.76. The van der Waals surface area contributed by atoms with Gasteiger partial charge in [-0.1, -0.05) is 17.7 Å². The van der Waals surface area contributed by atoms with Crippen LogP contribution in [0.1, 0.15) is 24.8 Å². The molecule has 0 bridgehead atoms. The van der Waals surface area contributed by atoms with E-state index >= 15 is 0 Å². The third kappa shape index (κ3) is 4.37. The zero-order valence-corrected chi connectivity index (χ0v) is 19.0. The summed E-state index contributed by atoms with van der Waals surface area (Å²) in [5.41, 5.74) is 1.15. The Balaban J connectivity index is 1.49. The van der Waals surface area contributed by atoms with E-state index in [9.17, 15) is 22.4 Å². The summed E-state index contributed by atoms with van der Waals surface area (Å²) in [5.74, 6) is -1.76. The SMILES string of the molecule is Cc1ccc(N2C[C@H](C(=O)Nc3ccc(Cl)c(S(=O)(=O)N4CCCC4)c3)CC2=O)cc1F. The van der Waals surface area contributed by atoms with Crippen LogP contribution in [0.15, 0.2) is 41.3 Å². The Morgan fingerprint density at radius 3 is 2.56 bits per heavy atom. The number of anilines is 2. The molecule has 0 saturated carbocycles. The van der Waals surface area contributed by atoms with E-state index in [4.69, 9.17) is 11.6 Å².